The number of phenolic OH excluding ortho intramolecular Hbond substituents is 1. The fourth-order valence-electron chi connectivity index (χ4n) is 1.13. The molecule has 0 spiro atoms. The fraction of sp³-hybridized carbons (Fsp3) is 0.273. The third-order valence-electron chi connectivity index (χ3n) is 2.05. The summed E-state index contributed by atoms with van der Waals surface area (Å²) >= 11 is 5.66. The molecule has 0 unspecified atom stereocenters. The number of benzene rings is 1. The van der Waals surface area contributed by atoms with Gasteiger partial charge in [-0.1, -0.05) is 11.6 Å². The van der Waals surface area contributed by atoms with Crippen molar-refractivity contribution in [3.8, 4) is 5.75 Å². The maximum Gasteiger partial charge on any atom is 0.307 e. The Balaban J connectivity index is 2.52. The lowest BCUT2D eigenvalue weighted by atomic mass is 10.2. The molecule has 2 N–H and O–H groups in total. The van der Waals surface area contributed by atoms with Crippen LogP contribution < -0.4 is 5.32 Å². The lowest BCUT2D eigenvalue weighted by molar-refractivity contribution is -0.140. The van der Waals surface area contributed by atoms with E-state index in [1.165, 1.54) is 25.3 Å². The lowest BCUT2D eigenvalue weighted by Crippen LogP contribution is -2.26. The quantitative estimate of drug-likeness (QED) is 0.798. The van der Waals surface area contributed by atoms with Crippen molar-refractivity contribution in [2.24, 2.45) is 0 Å². The van der Waals surface area contributed by atoms with E-state index in [1.807, 2.05) is 0 Å². The summed E-state index contributed by atoms with van der Waals surface area (Å²) in [6.45, 7) is 0.185. The standard InChI is InChI=1S/C11H12ClNO4/c1-17-10(15)4-5-13-11(16)7-2-3-9(14)8(12)6-7/h2-3,6,14H,4-5H2,1H3,(H,13,16). The van der Waals surface area contributed by atoms with Crippen molar-refractivity contribution in [2.75, 3.05) is 13.7 Å². The maximum atomic E-state index is 11.6. The average Bonchev–Trinajstić information content (AvgIpc) is 2.32. The molecule has 0 bridgehead atoms. The molecule has 92 valence electrons. The minimum absolute atomic E-state index is 0.0854. The number of esters is 1. The smallest absolute Gasteiger partial charge is 0.307 e. The highest BCUT2D eigenvalue weighted by atomic mass is 35.5. The van der Waals surface area contributed by atoms with E-state index in [2.05, 4.69) is 10.1 Å². The molecular weight excluding hydrogens is 246 g/mol. The molecule has 0 saturated heterocycles. The normalized spacial score (nSPS) is 9.76. The fourth-order valence-corrected chi connectivity index (χ4v) is 1.31. The van der Waals surface area contributed by atoms with Gasteiger partial charge in [0.05, 0.1) is 18.6 Å². The van der Waals surface area contributed by atoms with E-state index in [-0.39, 0.29) is 29.6 Å². The summed E-state index contributed by atoms with van der Waals surface area (Å²) in [6.07, 6.45) is 0.105. The zero-order valence-electron chi connectivity index (χ0n) is 9.20. The van der Waals surface area contributed by atoms with E-state index in [1.54, 1.807) is 0 Å². The van der Waals surface area contributed by atoms with Crippen LogP contribution in [0, 0.1) is 0 Å². The van der Waals surface area contributed by atoms with E-state index in [0.29, 0.717) is 5.56 Å². The van der Waals surface area contributed by atoms with Crippen LogP contribution in [0.3, 0.4) is 0 Å². The number of hydrogen-bond donors (Lipinski definition) is 2. The van der Waals surface area contributed by atoms with Crippen LogP contribution in [0.25, 0.3) is 0 Å². The van der Waals surface area contributed by atoms with Gasteiger partial charge in [0.15, 0.2) is 0 Å². The minimum atomic E-state index is -0.394. The molecule has 0 aliphatic carbocycles. The summed E-state index contributed by atoms with van der Waals surface area (Å²) in [6, 6.07) is 4.12. The molecule has 0 atom stereocenters. The molecule has 5 nitrogen and oxygen atoms in total. The first kappa shape index (κ1) is 13.3. The Morgan fingerprint density at radius 3 is 2.76 bits per heavy atom. The SMILES string of the molecule is COC(=O)CCNC(=O)c1ccc(O)c(Cl)c1. The van der Waals surface area contributed by atoms with Gasteiger partial charge >= 0.3 is 5.97 Å². The number of phenols is 1. The third-order valence-corrected chi connectivity index (χ3v) is 2.35. The molecule has 1 amide bonds. The Morgan fingerprint density at radius 2 is 2.18 bits per heavy atom. The largest absolute Gasteiger partial charge is 0.506 e. The van der Waals surface area contributed by atoms with Gasteiger partial charge in [-0.3, -0.25) is 9.59 Å². The van der Waals surface area contributed by atoms with Crippen LogP contribution in [-0.4, -0.2) is 30.6 Å². The molecule has 0 heterocycles. The van der Waals surface area contributed by atoms with Crippen LogP contribution in [0.5, 0.6) is 5.75 Å². The van der Waals surface area contributed by atoms with Gasteiger partial charge < -0.3 is 15.2 Å². The number of hydrogen-bond acceptors (Lipinski definition) is 4. The Hall–Kier alpha value is -1.75. The highest BCUT2D eigenvalue weighted by Gasteiger charge is 2.08. The van der Waals surface area contributed by atoms with Crippen molar-refractivity contribution in [1.29, 1.82) is 0 Å². The van der Waals surface area contributed by atoms with Gasteiger partial charge in [-0.15, -0.1) is 0 Å². The van der Waals surface area contributed by atoms with Crippen LogP contribution in [0.2, 0.25) is 5.02 Å². The Kier molecular flexibility index (Phi) is 4.78. The van der Waals surface area contributed by atoms with Crippen LogP contribution >= 0.6 is 11.6 Å². The van der Waals surface area contributed by atoms with Crippen LogP contribution in [0.15, 0.2) is 18.2 Å². The molecule has 0 aliphatic rings. The minimum Gasteiger partial charge on any atom is -0.506 e. The van der Waals surface area contributed by atoms with Gasteiger partial charge in [-0.25, -0.2) is 0 Å². The summed E-state index contributed by atoms with van der Waals surface area (Å²) in [5.41, 5.74) is 0.317. The van der Waals surface area contributed by atoms with E-state index >= 15 is 0 Å². The van der Waals surface area contributed by atoms with Gasteiger partial charge in [0.25, 0.3) is 5.91 Å². The Morgan fingerprint density at radius 1 is 1.47 bits per heavy atom. The highest BCUT2D eigenvalue weighted by molar-refractivity contribution is 6.32. The van der Waals surface area contributed by atoms with Gasteiger partial charge in [-0.2, -0.15) is 0 Å². The molecule has 0 aromatic heterocycles. The van der Waals surface area contributed by atoms with Crippen molar-refractivity contribution in [3.63, 3.8) is 0 Å². The first-order valence-corrected chi connectivity index (χ1v) is 5.26. The lowest BCUT2D eigenvalue weighted by Gasteiger charge is -2.05. The topological polar surface area (TPSA) is 75.6 Å². The van der Waals surface area contributed by atoms with Crippen LogP contribution in [-0.2, 0) is 9.53 Å². The molecule has 1 rings (SSSR count). The first-order valence-electron chi connectivity index (χ1n) is 4.88. The monoisotopic (exact) mass is 257 g/mol. The average molecular weight is 258 g/mol. The molecule has 1 aromatic carbocycles. The van der Waals surface area contributed by atoms with E-state index in [4.69, 9.17) is 11.6 Å². The maximum absolute atomic E-state index is 11.6. The second kappa shape index (κ2) is 6.10. The number of amides is 1. The number of carbonyl (C=O) groups excluding carboxylic acids is 2. The number of nitrogens with one attached hydrogen (secondary N) is 1. The number of methoxy groups -OCH3 is 1. The summed E-state index contributed by atoms with van der Waals surface area (Å²) < 4.78 is 4.43. The molecular formula is C11H12ClNO4. The Bertz CT molecular complexity index is 433. The summed E-state index contributed by atoms with van der Waals surface area (Å²) in [5, 5.41) is 11.8. The van der Waals surface area contributed by atoms with E-state index < -0.39 is 5.97 Å². The number of rotatable bonds is 4. The second-order valence-electron chi connectivity index (χ2n) is 3.25. The number of carbonyl (C=O) groups is 2. The molecule has 0 radical (unpaired) electrons. The van der Waals surface area contributed by atoms with Crippen molar-refractivity contribution in [2.45, 2.75) is 6.42 Å². The predicted octanol–water partition coefficient (Wildman–Crippen LogP) is 1.34. The number of halogens is 1. The van der Waals surface area contributed by atoms with Gasteiger partial charge in [0, 0.05) is 12.1 Å². The Labute approximate surface area is 103 Å². The molecule has 0 saturated carbocycles. The van der Waals surface area contributed by atoms with Crippen molar-refractivity contribution in [3.05, 3.63) is 28.8 Å². The molecule has 0 fully saturated rings. The van der Waals surface area contributed by atoms with Crippen molar-refractivity contribution in [1.82, 2.24) is 5.32 Å². The predicted molar refractivity (Wildman–Crippen MR) is 62.1 cm³/mol. The zero-order valence-corrected chi connectivity index (χ0v) is 9.95. The van der Waals surface area contributed by atoms with Crippen LogP contribution in [0.1, 0.15) is 16.8 Å². The summed E-state index contributed by atoms with van der Waals surface area (Å²) in [5.74, 6) is -0.845. The molecule has 6 heteroatoms. The molecule has 1 aromatic rings. The summed E-state index contributed by atoms with van der Waals surface area (Å²) in [7, 11) is 1.28. The molecule has 0 aliphatic heterocycles. The van der Waals surface area contributed by atoms with E-state index in [9.17, 15) is 14.7 Å². The van der Waals surface area contributed by atoms with Gasteiger partial charge in [0.1, 0.15) is 5.75 Å². The van der Waals surface area contributed by atoms with Crippen LogP contribution in [0.4, 0.5) is 0 Å². The van der Waals surface area contributed by atoms with Gasteiger partial charge in [0.2, 0.25) is 0 Å². The number of ether oxygens (including phenoxy) is 1. The van der Waals surface area contributed by atoms with Crippen molar-refractivity contribution < 1.29 is 19.4 Å². The zero-order chi connectivity index (χ0) is 12.8. The second-order valence-corrected chi connectivity index (χ2v) is 3.66. The van der Waals surface area contributed by atoms with Crippen molar-refractivity contribution >= 4 is 23.5 Å². The first-order chi connectivity index (χ1) is 8.04. The molecule has 17 heavy (non-hydrogen) atoms. The van der Waals surface area contributed by atoms with Gasteiger partial charge in [-0.05, 0) is 18.2 Å². The number of aromatic hydroxyl groups is 1. The summed E-state index contributed by atoms with van der Waals surface area (Å²) in [4.78, 5) is 22.4. The third kappa shape index (κ3) is 3.96. The highest BCUT2D eigenvalue weighted by Crippen LogP contribution is 2.23. The van der Waals surface area contributed by atoms with E-state index in [0.717, 1.165) is 0 Å².